The molecule has 98 valence electrons. The van der Waals surface area contributed by atoms with E-state index in [-0.39, 0.29) is 5.95 Å². The van der Waals surface area contributed by atoms with E-state index >= 15 is 0 Å². The Morgan fingerprint density at radius 3 is 2.61 bits per heavy atom. The molecule has 0 saturated heterocycles. The Bertz CT molecular complexity index is 429. The molecule has 0 bridgehead atoms. The lowest BCUT2D eigenvalue weighted by Crippen LogP contribution is -2.38. The van der Waals surface area contributed by atoms with Gasteiger partial charge in [-0.1, -0.05) is 12.2 Å². The molecule has 0 amide bonds. The Balaban J connectivity index is 2.96. The van der Waals surface area contributed by atoms with Gasteiger partial charge in [-0.2, -0.15) is 9.67 Å². The molecule has 0 unspecified atom stereocenters. The first-order chi connectivity index (χ1) is 8.63. The van der Waals surface area contributed by atoms with Gasteiger partial charge in [0, 0.05) is 20.1 Å². The molecule has 0 spiro atoms. The van der Waals surface area contributed by atoms with Gasteiger partial charge >= 0.3 is 0 Å². The molecular weight excluding hydrogens is 250 g/mol. The van der Waals surface area contributed by atoms with Gasteiger partial charge < -0.3 is 10.6 Å². The maximum atomic E-state index is 5.76. The zero-order chi connectivity index (χ0) is 13.5. The Labute approximate surface area is 111 Å². The van der Waals surface area contributed by atoms with Crippen LogP contribution < -0.4 is 21.5 Å². The van der Waals surface area contributed by atoms with Crippen molar-refractivity contribution in [3.63, 3.8) is 0 Å². The van der Waals surface area contributed by atoms with Crippen molar-refractivity contribution in [3.8, 4) is 0 Å². The van der Waals surface area contributed by atoms with Gasteiger partial charge in [0.05, 0.1) is 0 Å². The van der Waals surface area contributed by atoms with Crippen LogP contribution in [-0.2, 0) is 0 Å². The highest BCUT2D eigenvalue weighted by Crippen LogP contribution is 2.10. The number of nitrogens with one attached hydrogen (secondary N) is 2. The van der Waals surface area contributed by atoms with Crippen LogP contribution in [0.15, 0.2) is 25.3 Å². The second-order valence-electron chi connectivity index (χ2n) is 3.34. The Morgan fingerprint density at radius 2 is 2.11 bits per heavy atom. The predicted octanol–water partition coefficient (Wildman–Crippen LogP) is -0.104. The quantitative estimate of drug-likeness (QED) is 0.377. The molecule has 0 fully saturated rings. The number of thiocarbonyl (C=S) groups is 1. The second kappa shape index (κ2) is 6.72. The Kier molecular flexibility index (Phi) is 5.28. The van der Waals surface area contributed by atoms with Crippen molar-refractivity contribution < 1.29 is 0 Å². The summed E-state index contributed by atoms with van der Waals surface area (Å²) in [4.78, 5) is 6.03. The van der Waals surface area contributed by atoms with Gasteiger partial charge in [0.15, 0.2) is 0 Å². The van der Waals surface area contributed by atoms with Crippen LogP contribution in [-0.4, -0.2) is 40.0 Å². The van der Waals surface area contributed by atoms with Gasteiger partial charge in [0.1, 0.15) is 0 Å². The molecule has 0 aromatic carbocycles. The van der Waals surface area contributed by atoms with Crippen molar-refractivity contribution >= 4 is 29.2 Å². The van der Waals surface area contributed by atoms with E-state index in [1.54, 1.807) is 19.2 Å². The summed E-state index contributed by atoms with van der Waals surface area (Å²) in [6, 6.07) is 0. The van der Waals surface area contributed by atoms with Gasteiger partial charge in [0.25, 0.3) is 0 Å². The fourth-order valence-corrected chi connectivity index (χ4v) is 1.54. The normalized spacial score (nSPS) is 9.83. The van der Waals surface area contributed by atoms with E-state index in [1.165, 1.54) is 4.68 Å². The molecule has 1 rings (SSSR count). The summed E-state index contributed by atoms with van der Waals surface area (Å²) in [6.07, 6.45) is 3.51. The SMILES string of the molecule is C=CCN(CC=C)c1nc(N)n(C(=S)NNC)n1. The van der Waals surface area contributed by atoms with E-state index in [9.17, 15) is 0 Å². The summed E-state index contributed by atoms with van der Waals surface area (Å²) in [6.45, 7) is 8.57. The minimum atomic E-state index is 0.218. The molecule has 7 nitrogen and oxygen atoms in total. The number of hydrogen-bond acceptors (Lipinski definition) is 6. The molecular formula is C10H17N7S. The predicted molar refractivity (Wildman–Crippen MR) is 77.2 cm³/mol. The van der Waals surface area contributed by atoms with Crippen molar-refractivity contribution in [1.29, 1.82) is 0 Å². The van der Waals surface area contributed by atoms with Gasteiger partial charge in [-0.3, -0.25) is 5.43 Å². The molecule has 0 saturated carbocycles. The zero-order valence-electron chi connectivity index (χ0n) is 10.3. The van der Waals surface area contributed by atoms with Crippen LogP contribution in [0.5, 0.6) is 0 Å². The highest BCUT2D eigenvalue weighted by Gasteiger charge is 2.14. The lowest BCUT2D eigenvalue weighted by molar-refractivity contribution is 0.737. The lowest BCUT2D eigenvalue weighted by atomic mass is 10.5. The van der Waals surface area contributed by atoms with E-state index in [2.05, 4.69) is 34.1 Å². The van der Waals surface area contributed by atoms with Crippen LogP contribution in [0.4, 0.5) is 11.9 Å². The van der Waals surface area contributed by atoms with Crippen LogP contribution in [0.25, 0.3) is 0 Å². The van der Waals surface area contributed by atoms with Crippen molar-refractivity contribution in [3.05, 3.63) is 25.3 Å². The topological polar surface area (TPSA) is 84.0 Å². The number of hydrogen-bond donors (Lipinski definition) is 3. The highest BCUT2D eigenvalue weighted by atomic mass is 32.1. The minimum absolute atomic E-state index is 0.218. The zero-order valence-corrected chi connectivity index (χ0v) is 11.1. The molecule has 0 atom stereocenters. The van der Waals surface area contributed by atoms with E-state index in [4.69, 9.17) is 18.0 Å². The van der Waals surface area contributed by atoms with Crippen molar-refractivity contribution in [2.24, 2.45) is 0 Å². The first-order valence-corrected chi connectivity index (χ1v) is 5.71. The van der Waals surface area contributed by atoms with Crippen LogP contribution in [0.1, 0.15) is 0 Å². The maximum Gasteiger partial charge on any atom is 0.247 e. The molecule has 1 aromatic rings. The summed E-state index contributed by atoms with van der Waals surface area (Å²) >= 11 is 5.08. The second-order valence-corrected chi connectivity index (χ2v) is 3.73. The molecule has 0 aliphatic carbocycles. The van der Waals surface area contributed by atoms with E-state index in [1.807, 2.05) is 4.90 Å². The van der Waals surface area contributed by atoms with E-state index in [0.29, 0.717) is 24.2 Å². The first-order valence-electron chi connectivity index (χ1n) is 5.30. The van der Waals surface area contributed by atoms with E-state index in [0.717, 1.165) is 0 Å². The third-order valence-electron chi connectivity index (χ3n) is 2.03. The number of anilines is 2. The van der Waals surface area contributed by atoms with Crippen molar-refractivity contribution in [1.82, 2.24) is 25.6 Å². The van der Waals surface area contributed by atoms with Crippen LogP contribution >= 0.6 is 12.2 Å². The standard InChI is InChI=1S/C10H17N7S/c1-4-6-16(7-5-2)9-13-8(11)17(15-9)10(18)14-12-3/h4-5,12H,1-2,6-7H2,3H3,(H,14,18)(H2,11,13,15). The molecule has 18 heavy (non-hydrogen) atoms. The summed E-state index contributed by atoms with van der Waals surface area (Å²) in [5.41, 5.74) is 11.2. The fraction of sp³-hybridized carbons (Fsp3) is 0.300. The van der Waals surface area contributed by atoms with Crippen LogP contribution in [0.3, 0.4) is 0 Å². The van der Waals surface area contributed by atoms with Gasteiger partial charge in [-0.05, 0) is 12.2 Å². The van der Waals surface area contributed by atoms with Gasteiger partial charge in [-0.15, -0.1) is 18.3 Å². The molecule has 8 heteroatoms. The van der Waals surface area contributed by atoms with Crippen molar-refractivity contribution in [2.45, 2.75) is 0 Å². The molecule has 1 heterocycles. The van der Waals surface area contributed by atoms with Crippen LogP contribution in [0.2, 0.25) is 0 Å². The largest absolute Gasteiger partial charge is 0.368 e. The third-order valence-corrected chi connectivity index (χ3v) is 2.30. The average Bonchev–Trinajstić information content (AvgIpc) is 2.71. The Morgan fingerprint density at radius 1 is 1.50 bits per heavy atom. The maximum absolute atomic E-state index is 5.76. The first kappa shape index (κ1) is 14.1. The molecule has 0 aliphatic rings. The number of nitrogen functional groups attached to an aromatic ring is 1. The fourth-order valence-electron chi connectivity index (χ4n) is 1.31. The smallest absolute Gasteiger partial charge is 0.247 e. The molecule has 0 aliphatic heterocycles. The van der Waals surface area contributed by atoms with Gasteiger partial charge in [-0.25, -0.2) is 5.43 Å². The number of hydrazine groups is 1. The number of aromatic nitrogens is 3. The lowest BCUT2D eigenvalue weighted by Gasteiger charge is -2.16. The molecule has 4 N–H and O–H groups in total. The number of nitrogens with zero attached hydrogens (tertiary/aromatic N) is 4. The summed E-state index contributed by atoms with van der Waals surface area (Å²) in [7, 11) is 1.70. The minimum Gasteiger partial charge on any atom is -0.368 e. The van der Waals surface area contributed by atoms with Crippen LogP contribution in [0, 0.1) is 0 Å². The monoisotopic (exact) mass is 267 g/mol. The van der Waals surface area contributed by atoms with Crippen molar-refractivity contribution in [2.75, 3.05) is 30.8 Å². The van der Waals surface area contributed by atoms with E-state index < -0.39 is 0 Å². The Hall–Kier alpha value is -1.93. The number of nitrogens with two attached hydrogens (primary N) is 1. The van der Waals surface area contributed by atoms with Gasteiger partial charge in [0.2, 0.25) is 17.0 Å². The molecule has 0 radical (unpaired) electrons. The third kappa shape index (κ3) is 3.28. The average molecular weight is 267 g/mol. The number of rotatable bonds is 6. The molecule has 1 aromatic heterocycles. The summed E-state index contributed by atoms with van der Waals surface area (Å²) in [5, 5.41) is 4.56. The highest BCUT2D eigenvalue weighted by molar-refractivity contribution is 7.80. The summed E-state index contributed by atoms with van der Waals surface area (Å²) in [5.74, 6) is 0.698. The summed E-state index contributed by atoms with van der Waals surface area (Å²) < 4.78 is 1.35.